The number of aliphatic imine (C=N–C) groups is 1. The van der Waals surface area contributed by atoms with E-state index in [2.05, 4.69) is 36.2 Å². The van der Waals surface area contributed by atoms with E-state index in [1.165, 1.54) is 11.1 Å². The first kappa shape index (κ1) is 9.59. The van der Waals surface area contributed by atoms with E-state index < -0.39 is 0 Å². The van der Waals surface area contributed by atoms with Crippen molar-refractivity contribution < 1.29 is 4.74 Å². The van der Waals surface area contributed by atoms with E-state index in [9.17, 15) is 0 Å². The van der Waals surface area contributed by atoms with E-state index in [1.54, 1.807) is 18.9 Å². The fraction of sp³-hybridized carbons (Fsp3) is 0.364. The van der Waals surface area contributed by atoms with Crippen LogP contribution >= 0.6 is 11.8 Å². The molecule has 0 fully saturated rings. The summed E-state index contributed by atoms with van der Waals surface area (Å²) in [5, 5.41) is 1.24. The quantitative estimate of drug-likeness (QED) is 0.706. The molecular formula is C11H13NOS. The summed E-state index contributed by atoms with van der Waals surface area (Å²) < 4.78 is 5.10. The highest BCUT2D eigenvalue weighted by molar-refractivity contribution is 8.14. The summed E-state index contributed by atoms with van der Waals surface area (Å²) in [6.45, 7) is 2.93. The van der Waals surface area contributed by atoms with Crippen molar-refractivity contribution in [2.75, 3.05) is 13.7 Å². The third kappa shape index (κ3) is 1.93. The Morgan fingerprint density at radius 1 is 1.36 bits per heavy atom. The average molecular weight is 207 g/mol. The molecule has 0 N–H and O–H groups in total. The summed E-state index contributed by atoms with van der Waals surface area (Å²) in [5.74, 6) is 0. The van der Waals surface area contributed by atoms with Gasteiger partial charge in [-0.15, -0.1) is 0 Å². The largest absolute Gasteiger partial charge is 0.476 e. The van der Waals surface area contributed by atoms with Crippen molar-refractivity contribution in [1.82, 2.24) is 0 Å². The van der Waals surface area contributed by atoms with Crippen molar-refractivity contribution in [3.8, 4) is 0 Å². The van der Waals surface area contributed by atoms with Gasteiger partial charge < -0.3 is 4.74 Å². The van der Waals surface area contributed by atoms with Crippen molar-refractivity contribution in [2.45, 2.75) is 12.2 Å². The predicted octanol–water partition coefficient (Wildman–Crippen LogP) is 2.79. The Labute approximate surface area is 88.4 Å². The van der Waals surface area contributed by atoms with Gasteiger partial charge in [-0.1, -0.05) is 41.6 Å². The smallest absolute Gasteiger partial charge is 0.246 e. The molecule has 0 saturated heterocycles. The molecule has 14 heavy (non-hydrogen) atoms. The standard InChI is InChI=1S/C11H13NOS/c1-8-3-5-9(6-4-8)10-7-12-11(13-2)14-10/h3-6,10H,7H2,1-2H3. The van der Waals surface area contributed by atoms with Gasteiger partial charge in [0.15, 0.2) is 0 Å². The van der Waals surface area contributed by atoms with Crippen LogP contribution in [0.15, 0.2) is 29.3 Å². The van der Waals surface area contributed by atoms with Crippen molar-refractivity contribution in [2.24, 2.45) is 4.99 Å². The third-order valence-corrected chi connectivity index (χ3v) is 3.46. The van der Waals surface area contributed by atoms with Gasteiger partial charge in [0.1, 0.15) is 0 Å². The maximum absolute atomic E-state index is 5.10. The molecule has 0 bridgehead atoms. The van der Waals surface area contributed by atoms with Crippen LogP contribution in [-0.2, 0) is 4.74 Å². The molecule has 1 heterocycles. The number of thioether (sulfide) groups is 1. The van der Waals surface area contributed by atoms with Crippen LogP contribution in [0, 0.1) is 6.92 Å². The fourth-order valence-electron chi connectivity index (χ4n) is 1.42. The van der Waals surface area contributed by atoms with Crippen LogP contribution in [0.4, 0.5) is 0 Å². The first-order valence-corrected chi connectivity index (χ1v) is 5.49. The average Bonchev–Trinajstić information content (AvgIpc) is 2.67. The maximum atomic E-state index is 5.10. The van der Waals surface area contributed by atoms with Crippen LogP contribution in [-0.4, -0.2) is 18.9 Å². The van der Waals surface area contributed by atoms with Gasteiger partial charge in [-0.05, 0) is 12.5 Å². The zero-order valence-corrected chi connectivity index (χ0v) is 9.17. The van der Waals surface area contributed by atoms with Crippen molar-refractivity contribution in [1.29, 1.82) is 0 Å². The second-order valence-electron chi connectivity index (χ2n) is 3.33. The van der Waals surface area contributed by atoms with Crippen LogP contribution in [0.1, 0.15) is 16.4 Å². The number of methoxy groups -OCH3 is 1. The lowest BCUT2D eigenvalue weighted by Crippen LogP contribution is -1.94. The van der Waals surface area contributed by atoms with E-state index in [4.69, 9.17) is 4.74 Å². The van der Waals surface area contributed by atoms with Gasteiger partial charge in [0.05, 0.1) is 18.9 Å². The molecule has 3 heteroatoms. The monoisotopic (exact) mass is 207 g/mol. The Morgan fingerprint density at radius 2 is 2.07 bits per heavy atom. The molecule has 0 spiro atoms. The molecule has 1 atom stereocenters. The first-order valence-electron chi connectivity index (χ1n) is 4.61. The molecule has 1 aromatic rings. The molecule has 1 aromatic carbocycles. The topological polar surface area (TPSA) is 21.6 Å². The molecular weight excluding hydrogens is 194 g/mol. The van der Waals surface area contributed by atoms with Crippen LogP contribution in [0.2, 0.25) is 0 Å². The molecule has 0 saturated carbocycles. The van der Waals surface area contributed by atoms with E-state index in [1.807, 2.05) is 0 Å². The number of hydrogen-bond donors (Lipinski definition) is 0. The van der Waals surface area contributed by atoms with Crippen LogP contribution < -0.4 is 0 Å². The highest BCUT2D eigenvalue weighted by atomic mass is 32.2. The summed E-state index contributed by atoms with van der Waals surface area (Å²) in [4.78, 5) is 4.29. The van der Waals surface area contributed by atoms with E-state index in [-0.39, 0.29) is 0 Å². The normalized spacial score (nSPS) is 20.7. The predicted molar refractivity (Wildman–Crippen MR) is 60.8 cm³/mol. The summed E-state index contributed by atoms with van der Waals surface area (Å²) in [5.41, 5.74) is 2.63. The van der Waals surface area contributed by atoms with Crippen molar-refractivity contribution >= 4 is 17.0 Å². The summed E-state index contributed by atoms with van der Waals surface area (Å²) >= 11 is 1.70. The Bertz CT molecular complexity index is 345. The number of rotatable bonds is 1. The van der Waals surface area contributed by atoms with Gasteiger partial charge in [-0.25, -0.2) is 4.99 Å². The number of hydrogen-bond acceptors (Lipinski definition) is 3. The summed E-state index contributed by atoms with van der Waals surface area (Å²) in [7, 11) is 1.67. The Hall–Kier alpha value is -0.960. The van der Waals surface area contributed by atoms with Gasteiger partial charge >= 0.3 is 0 Å². The van der Waals surface area contributed by atoms with Gasteiger partial charge in [-0.3, -0.25) is 0 Å². The zero-order valence-electron chi connectivity index (χ0n) is 8.36. The highest BCUT2D eigenvalue weighted by Gasteiger charge is 2.21. The van der Waals surface area contributed by atoms with E-state index >= 15 is 0 Å². The van der Waals surface area contributed by atoms with Crippen LogP contribution in [0.3, 0.4) is 0 Å². The van der Waals surface area contributed by atoms with Crippen LogP contribution in [0.25, 0.3) is 0 Å². The first-order chi connectivity index (χ1) is 6.79. The second-order valence-corrected chi connectivity index (χ2v) is 4.48. The lowest BCUT2D eigenvalue weighted by molar-refractivity contribution is 0.416. The molecule has 0 aromatic heterocycles. The fourth-order valence-corrected chi connectivity index (χ4v) is 2.35. The minimum atomic E-state index is 0.436. The molecule has 1 aliphatic rings. The van der Waals surface area contributed by atoms with Gasteiger partial charge in [0, 0.05) is 0 Å². The molecule has 0 amide bonds. The molecule has 2 nitrogen and oxygen atoms in total. The second kappa shape index (κ2) is 4.05. The van der Waals surface area contributed by atoms with E-state index in [0.29, 0.717) is 5.25 Å². The van der Waals surface area contributed by atoms with Gasteiger partial charge in [-0.2, -0.15) is 0 Å². The Morgan fingerprint density at radius 3 is 2.64 bits per heavy atom. The molecule has 74 valence electrons. The minimum Gasteiger partial charge on any atom is -0.476 e. The van der Waals surface area contributed by atoms with Crippen LogP contribution in [0.5, 0.6) is 0 Å². The lowest BCUT2D eigenvalue weighted by atomic mass is 10.1. The maximum Gasteiger partial charge on any atom is 0.246 e. The number of nitrogens with zero attached hydrogens (tertiary/aromatic N) is 1. The minimum absolute atomic E-state index is 0.436. The summed E-state index contributed by atoms with van der Waals surface area (Å²) in [6, 6.07) is 8.61. The molecule has 0 aliphatic carbocycles. The lowest BCUT2D eigenvalue weighted by Gasteiger charge is -2.07. The van der Waals surface area contributed by atoms with Gasteiger partial charge in [0.25, 0.3) is 0 Å². The highest BCUT2D eigenvalue weighted by Crippen LogP contribution is 2.35. The molecule has 1 unspecified atom stereocenters. The molecule has 0 radical (unpaired) electrons. The van der Waals surface area contributed by atoms with Crippen molar-refractivity contribution in [3.05, 3.63) is 35.4 Å². The number of benzene rings is 1. The SMILES string of the molecule is COC1=NCC(c2ccc(C)cc2)S1. The third-order valence-electron chi connectivity index (χ3n) is 2.25. The van der Waals surface area contributed by atoms with E-state index in [0.717, 1.165) is 11.8 Å². The van der Waals surface area contributed by atoms with Crippen molar-refractivity contribution in [3.63, 3.8) is 0 Å². The van der Waals surface area contributed by atoms with Gasteiger partial charge in [0.2, 0.25) is 5.23 Å². The molecule has 1 aliphatic heterocycles. The molecule has 2 rings (SSSR count). The number of aryl methyl sites for hydroxylation is 1. The number of ether oxygens (including phenoxy) is 1. The Balaban J connectivity index is 2.08. The summed E-state index contributed by atoms with van der Waals surface area (Å²) in [6.07, 6.45) is 0. The zero-order chi connectivity index (χ0) is 9.97. The Kier molecular flexibility index (Phi) is 2.77.